The molecule has 1 aliphatic carbocycles. The second-order valence-electron chi connectivity index (χ2n) is 6.84. The monoisotopic (exact) mass is 322 g/mol. The van der Waals surface area contributed by atoms with Crippen molar-refractivity contribution in [1.82, 2.24) is 4.98 Å². The first kappa shape index (κ1) is 16.3. The van der Waals surface area contributed by atoms with Crippen LogP contribution in [0, 0.1) is 24.2 Å². The van der Waals surface area contributed by atoms with Crippen molar-refractivity contribution in [3.63, 3.8) is 0 Å². The maximum absolute atomic E-state index is 12.5. The van der Waals surface area contributed by atoms with Crippen LogP contribution < -0.4 is 10.3 Å². The molecule has 24 heavy (non-hydrogen) atoms. The van der Waals surface area contributed by atoms with Gasteiger partial charge in [0.25, 0.3) is 5.56 Å². The summed E-state index contributed by atoms with van der Waals surface area (Å²) in [5.74, 6) is 2.01. The predicted molar refractivity (Wildman–Crippen MR) is 93.5 cm³/mol. The van der Waals surface area contributed by atoms with Crippen molar-refractivity contribution in [2.24, 2.45) is 5.92 Å². The quantitative estimate of drug-likeness (QED) is 0.886. The Morgan fingerprint density at radius 2 is 2.12 bits per heavy atom. The van der Waals surface area contributed by atoms with E-state index in [0.29, 0.717) is 28.5 Å². The Morgan fingerprint density at radius 1 is 1.38 bits per heavy atom. The van der Waals surface area contributed by atoms with E-state index >= 15 is 0 Å². The lowest BCUT2D eigenvalue weighted by molar-refractivity contribution is 0.461. The van der Waals surface area contributed by atoms with E-state index in [2.05, 4.69) is 11.1 Å². The van der Waals surface area contributed by atoms with Crippen LogP contribution in [-0.4, -0.2) is 4.98 Å². The number of nitrogens with one attached hydrogen (secondary N) is 1. The molecule has 0 amide bonds. The summed E-state index contributed by atoms with van der Waals surface area (Å²) in [5.41, 5.74) is 3.10. The summed E-state index contributed by atoms with van der Waals surface area (Å²) in [5, 5.41) is 9.08. The number of aromatic nitrogens is 1. The molecule has 0 aliphatic heterocycles. The van der Waals surface area contributed by atoms with Crippen LogP contribution in [0.4, 0.5) is 0 Å². The zero-order valence-corrected chi connectivity index (χ0v) is 14.3. The van der Waals surface area contributed by atoms with Crippen LogP contribution in [0.1, 0.15) is 55.0 Å². The number of benzene rings is 1. The highest BCUT2D eigenvalue weighted by Gasteiger charge is 2.27. The second-order valence-corrected chi connectivity index (χ2v) is 6.84. The number of rotatable bonds is 5. The molecule has 0 saturated heterocycles. The van der Waals surface area contributed by atoms with Crippen molar-refractivity contribution in [3.8, 4) is 17.6 Å². The summed E-state index contributed by atoms with van der Waals surface area (Å²) in [6.45, 7) is 5.93. The number of nitrogens with zero attached hydrogens (tertiary/aromatic N) is 1. The normalized spacial score (nSPS) is 13.8. The Labute approximate surface area is 142 Å². The molecule has 0 unspecified atom stereocenters. The van der Waals surface area contributed by atoms with Crippen LogP contribution in [0.25, 0.3) is 0 Å². The highest BCUT2D eigenvalue weighted by Crippen LogP contribution is 2.39. The molecule has 0 atom stereocenters. The average molecular weight is 322 g/mol. The minimum absolute atomic E-state index is 0.0569. The van der Waals surface area contributed by atoms with Crippen LogP contribution in [0.2, 0.25) is 0 Å². The van der Waals surface area contributed by atoms with Crippen LogP contribution in [-0.2, 0) is 6.42 Å². The Balaban J connectivity index is 2.11. The largest absolute Gasteiger partial charge is 0.456 e. The van der Waals surface area contributed by atoms with Crippen LogP contribution in [0.15, 0.2) is 29.1 Å². The van der Waals surface area contributed by atoms with Gasteiger partial charge in [0, 0.05) is 11.3 Å². The van der Waals surface area contributed by atoms with E-state index in [-0.39, 0.29) is 11.5 Å². The third kappa shape index (κ3) is 3.35. The van der Waals surface area contributed by atoms with Crippen LogP contribution in [0.3, 0.4) is 0 Å². The van der Waals surface area contributed by atoms with E-state index < -0.39 is 0 Å². The van der Waals surface area contributed by atoms with Gasteiger partial charge in [0.1, 0.15) is 11.5 Å². The summed E-state index contributed by atoms with van der Waals surface area (Å²) >= 11 is 0. The first-order chi connectivity index (χ1) is 11.5. The molecular formula is C20H22N2O2. The summed E-state index contributed by atoms with van der Waals surface area (Å²) in [7, 11) is 0. The fourth-order valence-electron chi connectivity index (χ4n) is 2.99. The lowest BCUT2D eigenvalue weighted by Crippen LogP contribution is -2.19. The van der Waals surface area contributed by atoms with E-state index in [1.807, 2.05) is 26.8 Å². The molecule has 0 radical (unpaired) electrons. The van der Waals surface area contributed by atoms with Crippen LogP contribution in [0.5, 0.6) is 11.5 Å². The summed E-state index contributed by atoms with van der Waals surface area (Å²) in [4.78, 5) is 15.5. The smallest absolute Gasteiger partial charge is 0.255 e. The predicted octanol–water partition coefficient (Wildman–Crippen LogP) is 4.42. The summed E-state index contributed by atoms with van der Waals surface area (Å²) in [6.07, 6.45) is 3.40. The van der Waals surface area contributed by atoms with Crippen molar-refractivity contribution in [1.29, 1.82) is 5.26 Å². The molecule has 1 aromatic heterocycles. The molecular weight excluding hydrogens is 300 g/mol. The number of aryl methyl sites for hydroxylation is 1. The minimum Gasteiger partial charge on any atom is -0.456 e. The number of H-pyrrole nitrogens is 1. The van der Waals surface area contributed by atoms with Crippen molar-refractivity contribution in [2.75, 3.05) is 0 Å². The molecule has 1 aromatic carbocycles. The van der Waals surface area contributed by atoms with E-state index in [1.54, 1.807) is 18.2 Å². The van der Waals surface area contributed by atoms with E-state index in [4.69, 9.17) is 10.00 Å². The zero-order chi connectivity index (χ0) is 17.3. The van der Waals surface area contributed by atoms with Gasteiger partial charge in [-0.05, 0) is 56.2 Å². The van der Waals surface area contributed by atoms with Gasteiger partial charge in [0.05, 0.1) is 17.2 Å². The topological polar surface area (TPSA) is 65.9 Å². The van der Waals surface area contributed by atoms with Gasteiger partial charge in [-0.3, -0.25) is 4.79 Å². The maximum atomic E-state index is 12.5. The third-order valence-electron chi connectivity index (χ3n) is 4.47. The molecule has 1 saturated carbocycles. The fourth-order valence-corrected chi connectivity index (χ4v) is 2.99. The Bertz CT molecular complexity index is 855. The molecule has 2 aromatic rings. The standard InChI is InChI=1S/C20H22N2O2/c1-12(2)18-19(24-16-6-4-5-15(9-16)11-21)17(10-14-7-8-14)13(3)22-20(18)23/h4-6,9,12,14H,7-8,10H2,1-3H3,(H,22,23). The molecule has 0 bridgehead atoms. The minimum atomic E-state index is -0.0894. The molecule has 4 heteroatoms. The highest BCUT2D eigenvalue weighted by atomic mass is 16.5. The average Bonchev–Trinajstić information content (AvgIpc) is 3.35. The molecule has 1 heterocycles. The molecule has 1 fully saturated rings. The number of hydrogen-bond acceptors (Lipinski definition) is 3. The summed E-state index contributed by atoms with van der Waals surface area (Å²) in [6, 6.07) is 9.19. The first-order valence-electron chi connectivity index (χ1n) is 8.43. The number of hydrogen-bond donors (Lipinski definition) is 1. The number of ether oxygens (including phenoxy) is 1. The number of aromatic amines is 1. The van der Waals surface area contributed by atoms with Gasteiger partial charge in [0.2, 0.25) is 0 Å². The molecule has 4 nitrogen and oxygen atoms in total. The lowest BCUT2D eigenvalue weighted by Gasteiger charge is -2.19. The van der Waals surface area contributed by atoms with E-state index in [1.165, 1.54) is 12.8 Å². The van der Waals surface area contributed by atoms with Gasteiger partial charge in [-0.25, -0.2) is 0 Å². The lowest BCUT2D eigenvalue weighted by atomic mass is 9.97. The fraction of sp³-hybridized carbons (Fsp3) is 0.400. The number of pyridine rings is 1. The van der Waals surface area contributed by atoms with Crippen molar-refractivity contribution < 1.29 is 4.74 Å². The van der Waals surface area contributed by atoms with Crippen LogP contribution >= 0.6 is 0 Å². The Morgan fingerprint density at radius 3 is 2.75 bits per heavy atom. The van der Waals surface area contributed by atoms with Gasteiger partial charge in [-0.2, -0.15) is 5.26 Å². The number of nitriles is 1. The van der Waals surface area contributed by atoms with Crippen molar-refractivity contribution in [3.05, 3.63) is 57.0 Å². The van der Waals surface area contributed by atoms with Gasteiger partial charge < -0.3 is 9.72 Å². The van der Waals surface area contributed by atoms with E-state index in [0.717, 1.165) is 17.7 Å². The Hall–Kier alpha value is -2.54. The molecule has 0 spiro atoms. The molecule has 1 N–H and O–H groups in total. The SMILES string of the molecule is Cc1[nH]c(=O)c(C(C)C)c(Oc2cccc(C#N)c2)c1CC1CC1. The highest BCUT2D eigenvalue weighted by molar-refractivity contribution is 5.48. The second kappa shape index (κ2) is 6.52. The van der Waals surface area contributed by atoms with E-state index in [9.17, 15) is 4.79 Å². The summed E-state index contributed by atoms with van der Waals surface area (Å²) < 4.78 is 6.16. The third-order valence-corrected chi connectivity index (χ3v) is 4.47. The van der Waals surface area contributed by atoms with Gasteiger partial charge >= 0.3 is 0 Å². The zero-order valence-electron chi connectivity index (χ0n) is 14.3. The van der Waals surface area contributed by atoms with Crippen molar-refractivity contribution in [2.45, 2.75) is 46.0 Å². The maximum Gasteiger partial charge on any atom is 0.255 e. The first-order valence-corrected chi connectivity index (χ1v) is 8.43. The molecule has 1 aliphatic rings. The molecule has 3 rings (SSSR count). The van der Waals surface area contributed by atoms with Gasteiger partial charge in [-0.15, -0.1) is 0 Å². The van der Waals surface area contributed by atoms with Gasteiger partial charge in [-0.1, -0.05) is 19.9 Å². The molecule has 124 valence electrons. The Kier molecular flexibility index (Phi) is 4.44. The van der Waals surface area contributed by atoms with Crippen molar-refractivity contribution >= 4 is 0 Å². The van der Waals surface area contributed by atoms with Gasteiger partial charge in [0.15, 0.2) is 0 Å².